The van der Waals surface area contributed by atoms with Gasteiger partial charge in [0.25, 0.3) is 0 Å². The SMILES string of the molecule is C#CCCCCCC(NC(=O)OCC1c2ccccc2-c2ccccc21)C(=O)O. The monoisotopic (exact) mass is 391 g/mol. The molecule has 150 valence electrons. The number of benzene rings is 2. The summed E-state index contributed by atoms with van der Waals surface area (Å²) in [6.07, 6.45) is 7.91. The number of ether oxygens (including phenoxy) is 1. The van der Waals surface area contributed by atoms with Crippen LogP contribution in [-0.4, -0.2) is 29.8 Å². The van der Waals surface area contributed by atoms with Crippen LogP contribution in [-0.2, 0) is 9.53 Å². The third kappa shape index (κ3) is 4.97. The molecule has 1 aliphatic carbocycles. The van der Waals surface area contributed by atoms with Crippen LogP contribution in [0.2, 0.25) is 0 Å². The molecule has 29 heavy (non-hydrogen) atoms. The topological polar surface area (TPSA) is 75.6 Å². The highest BCUT2D eigenvalue weighted by Crippen LogP contribution is 2.44. The second-order valence-corrected chi connectivity index (χ2v) is 7.16. The van der Waals surface area contributed by atoms with Gasteiger partial charge in [-0.05, 0) is 35.1 Å². The molecule has 0 bridgehead atoms. The van der Waals surface area contributed by atoms with Crippen LogP contribution in [0.3, 0.4) is 0 Å². The van der Waals surface area contributed by atoms with E-state index in [-0.39, 0.29) is 12.5 Å². The van der Waals surface area contributed by atoms with Gasteiger partial charge < -0.3 is 15.2 Å². The largest absolute Gasteiger partial charge is 0.480 e. The molecule has 2 aromatic carbocycles. The van der Waals surface area contributed by atoms with Gasteiger partial charge in [-0.2, -0.15) is 0 Å². The van der Waals surface area contributed by atoms with Gasteiger partial charge in [-0.15, -0.1) is 12.3 Å². The second-order valence-electron chi connectivity index (χ2n) is 7.16. The van der Waals surface area contributed by atoms with E-state index in [0.717, 1.165) is 35.1 Å². The van der Waals surface area contributed by atoms with E-state index in [1.54, 1.807) is 0 Å². The fourth-order valence-corrected chi connectivity index (χ4v) is 3.79. The summed E-state index contributed by atoms with van der Waals surface area (Å²) in [6.45, 7) is 0.161. The van der Waals surface area contributed by atoms with E-state index in [0.29, 0.717) is 19.3 Å². The third-order valence-corrected chi connectivity index (χ3v) is 5.25. The van der Waals surface area contributed by atoms with Crippen molar-refractivity contribution in [2.24, 2.45) is 0 Å². The number of nitrogens with one attached hydrogen (secondary N) is 1. The molecule has 0 saturated heterocycles. The zero-order valence-corrected chi connectivity index (χ0v) is 16.3. The molecule has 5 nitrogen and oxygen atoms in total. The standard InChI is InChI=1S/C24H25NO4/c1-2-3-4-5-6-15-22(23(26)27)25-24(28)29-16-21-19-13-9-7-11-17(19)18-12-8-10-14-20(18)21/h1,7-14,21-22H,3-6,15-16H2,(H,25,28)(H,26,27). The van der Waals surface area contributed by atoms with Gasteiger partial charge in [0.1, 0.15) is 12.6 Å². The molecule has 5 heteroatoms. The molecule has 0 heterocycles. The van der Waals surface area contributed by atoms with Crippen LogP contribution in [0, 0.1) is 12.3 Å². The van der Waals surface area contributed by atoms with Crippen molar-refractivity contribution in [3.63, 3.8) is 0 Å². The summed E-state index contributed by atoms with van der Waals surface area (Å²) in [5, 5.41) is 11.8. The number of carbonyl (C=O) groups is 2. The van der Waals surface area contributed by atoms with Crippen LogP contribution in [0.1, 0.15) is 49.1 Å². The molecular formula is C24H25NO4. The van der Waals surface area contributed by atoms with Gasteiger partial charge in [0.15, 0.2) is 0 Å². The van der Waals surface area contributed by atoms with Crippen molar-refractivity contribution in [3.05, 3.63) is 59.7 Å². The predicted molar refractivity (Wildman–Crippen MR) is 112 cm³/mol. The average Bonchev–Trinajstić information content (AvgIpc) is 3.05. The van der Waals surface area contributed by atoms with Gasteiger partial charge in [0.2, 0.25) is 0 Å². The fraction of sp³-hybridized carbons (Fsp3) is 0.333. The normalized spacial score (nSPS) is 13.1. The van der Waals surface area contributed by atoms with Gasteiger partial charge in [-0.25, -0.2) is 9.59 Å². The Morgan fingerprint density at radius 1 is 1.03 bits per heavy atom. The summed E-state index contributed by atoms with van der Waals surface area (Å²) in [5.74, 6) is 1.45. The van der Waals surface area contributed by atoms with Crippen LogP contribution in [0.4, 0.5) is 4.79 Å². The Morgan fingerprint density at radius 2 is 1.66 bits per heavy atom. The quantitative estimate of drug-likeness (QED) is 0.485. The van der Waals surface area contributed by atoms with Crippen LogP contribution in [0.25, 0.3) is 11.1 Å². The van der Waals surface area contributed by atoms with Gasteiger partial charge >= 0.3 is 12.1 Å². The van der Waals surface area contributed by atoms with E-state index in [9.17, 15) is 14.7 Å². The fourth-order valence-electron chi connectivity index (χ4n) is 3.79. The number of terminal acetylenes is 1. The first-order valence-corrected chi connectivity index (χ1v) is 9.89. The second kappa shape index (κ2) is 9.79. The molecule has 0 saturated carbocycles. The average molecular weight is 391 g/mol. The van der Waals surface area contributed by atoms with E-state index in [1.807, 2.05) is 36.4 Å². The number of aliphatic carboxylic acids is 1. The Hall–Kier alpha value is -3.26. The number of alkyl carbamates (subject to hydrolysis) is 1. The summed E-state index contributed by atoms with van der Waals surface area (Å²) in [4.78, 5) is 23.7. The lowest BCUT2D eigenvalue weighted by Crippen LogP contribution is -2.41. The maximum atomic E-state index is 12.3. The summed E-state index contributed by atoms with van der Waals surface area (Å²) >= 11 is 0. The molecule has 2 aromatic rings. The zero-order chi connectivity index (χ0) is 20.6. The first kappa shape index (κ1) is 20.5. The van der Waals surface area contributed by atoms with Crippen LogP contribution < -0.4 is 5.32 Å². The van der Waals surface area contributed by atoms with E-state index >= 15 is 0 Å². The van der Waals surface area contributed by atoms with Crippen molar-refractivity contribution in [2.45, 2.75) is 44.1 Å². The molecule has 1 unspecified atom stereocenters. The smallest absolute Gasteiger partial charge is 0.407 e. The number of amides is 1. The Labute approximate surface area is 171 Å². The summed E-state index contributed by atoms with van der Waals surface area (Å²) in [5.41, 5.74) is 4.52. The van der Waals surface area contributed by atoms with Crippen molar-refractivity contribution < 1.29 is 19.4 Å². The lowest BCUT2D eigenvalue weighted by atomic mass is 9.98. The molecule has 3 rings (SSSR count). The van der Waals surface area contributed by atoms with Crippen molar-refractivity contribution in [1.82, 2.24) is 5.32 Å². The van der Waals surface area contributed by atoms with Crippen LogP contribution >= 0.6 is 0 Å². The Bertz CT molecular complexity index is 870. The predicted octanol–water partition coefficient (Wildman–Crippen LogP) is 4.56. The molecule has 0 aliphatic heterocycles. The first-order chi connectivity index (χ1) is 14.1. The number of hydrogen-bond donors (Lipinski definition) is 2. The van der Waals surface area contributed by atoms with Crippen molar-refractivity contribution in [2.75, 3.05) is 6.61 Å². The first-order valence-electron chi connectivity index (χ1n) is 9.89. The molecule has 0 spiro atoms. The minimum Gasteiger partial charge on any atom is -0.480 e. The van der Waals surface area contributed by atoms with Crippen molar-refractivity contribution in [3.8, 4) is 23.5 Å². The number of fused-ring (bicyclic) bond motifs is 3. The highest BCUT2D eigenvalue weighted by molar-refractivity contribution is 5.81. The van der Waals surface area contributed by atoms with E-state index in [4.69, 9.17) is 11.2 Å². The molecule has 1 aliphatic rings. The third-order valence-electron chi connectivity index (χ3n) is 5.25. The Kier molecular flexibility index (Phi) is 6.91. The number of carbonyl (C=O) groups excluding carboxylic acids is 1. The maximum Gasteiger partial charge on any atom is 0.407 e. The van der Waals surface area contributed by atoms with Crippen LogP contribution in [0.15, 0.2) is 48.5 Å². The van der Waals surface area contributed by atoms with Crippen molar-refractivity contribution in [1.29, 1.82) is 0 Å². The van der Waals surface area contributed by atoms with Crippen molar-refractivity contribution >= 4 is 12.1 Å². The van der Waals surface area contributed by atoms with E-state index in [2.05, 4.69) is 23.4 Å². The lowest BCUT2D eigenvalue weighted by Gasteiger charge is -2.17. The summed E-state index contributed by atoms with van der Waals surface area (Å²) < 4.78 is 5.43. The van der Waals surface area contributed by atoms with Gasteiger partial charge in [0.05, 0.1) is 0 Å². The number of hydrogen-bond acceptors (Lipinski definition) is 3. The minimum absolute atomic E-state index is 0.0554. The molecular weight excluding hydrogens is 366 g/mol. The lowest BCUT2D eigenvalue weighted by molar-refractivity contribution is -0.139. The zero-order valence-electron chi connectivity index (χ0n) is 16.3. The van der Waals surface area contributed by atoms with E-state index < -0.39 is 18.1 Å². The molecule has 0 fully saturated rings. The molecule has 2 N–H and O–H groups in total. The number of carboxylic acid groups (broad SMARTS) is 1. The molecule has 1 amide bonds. The van der Waals surface area contributed by atoms with E-state index in [1.165, 1.54) is 0 Å². The Balaban J connectivity index is 1.57. The summed E-state index contributed by atoms with van der Waals surface area (Å²) in [6, 6.07) is 15.2. The molecule has 1 atom stereocenters. The number of carboxylic acids is 1. The highest BCUT2D eigenvalue weighted by atomic mass is 16.5. The molecule has 0 aromatic heterocycles. The minimum atomic E-state index is -1.06. The van der Waals surface area contributed by atoms with Crippen LogP contribution in [0.5, 0.6) is 0 Å². The number of unbranched alkanes of at least 4 members (excludes halogenated alkanes) is 3. The van der Waals surface area contributed by atoms with Gasteiger partial charge in [-0.1, -0.05) is 61.4 Å². The van der Waals surface area contributed by atoms with Gasteiger partial charge in [0, 0.05) is 12.3 Å². The summed E-state index contributed by atoms with van der Waals surface area (Å²) in [7, 11) is 0. The van der Waals surface area contributed by atoms with Gasteiger partial charge in [-0.3, -0.25) is 0 Å². The molecule has 0 radical (unpaired) electrons. The highest BCUT2D eigenvalue weighted by Gasteiger charge is 2.29. The maximum absolute atomic E-state index is 12.3. The number of rotatable bonds is 9. The Morgan fingerprint density at radius 3 is 2.24 bits per heavy atom.